The van der Waals surface area contributed by atoms with Gasteiger partial charge in [0.2, 0.25) is 0 Å². The van der Waals surface area contributed by atoms with Gasteiger partial charge in [-0.05, 0) is 44.9 Å². The number of carbonyl (C=O) groups excluding carboxylic acids is 2. The van der Waals surface area contributed by atoms with Gasteiger partial charge in [-0.25, -0.2) is 0 Å². The van der Waals surface area contributed by atoms with Crippen LogP contribution >= 0.6 is 0 Å². The van der Waals surface area contributed by atoms with Crippen molar-refractivity contribution in [3.8, 4) is 5.69 Å². The number of esters is 1. The molecule has 0 radical (unpaired) electrons. The van der Waals surface area contributed by atoms with Crippen LogP contribution in [0, 0.1) is 12.8 Å². The minimum absolute atomic E-state index is 0.203. The third-order valence-corrected chi connectivity index (χ3v) is 6.82. The largest absolute Gasteiger partial charge is 0.466 e. The highest BCUT2D eigenvalue weighted by atomic mass is 16.5. The number of ether oxygens (including phenoxy) is 1. The predicted molar refractivity (Wildman–Crippen MR) is 134 cm³/mol. The van der Waals surface area contributed by atoms with Gasteiger partial charge in [0.1, 0.15) is 5.52 Å². The second-order valence-electron chi connectivity index (χ2n) is 9.02. The van der Waals surface area contributed by atoms with Gasteiger partial charge in [0, 0.05) is 36.4 Å². The van der Waals surface area contributed by atoms with Crippen molar-refractivity contribution in [3.05, 3.63) is 70.1 Å². The van der Waals surface area contributed by atoms with Crippen LogP contribution in [0.4, 0.5) is 0 Å². The first-order valence-corrected chi connectivity index (χ1v) is 11.9. The van der Waals surface area contributed by atoms with Crippen LogP contribution in [0.15, 0.2) is 53.3 Å². The summed E-state index contributed by atoms with van der Waals surface area (Å²) < 4.78 is 8.32. The average Bonchev–Trinajstić information content (AvgIpc) is 3.18. The van der Waals surface area contributed by atoms with E-state index in [0.717, 1.165) is 16.5 Å². The Morgan fingerprint density at radius 1 is 1.06 bits per heavy atom. The Morgan fingerprint density at radius 3 is 2.43 bits per heavy atom. The Hall–Kier alpha value is -3.94. The monoisotopic (exact) mass is 472 g/mol. The molecule has 0 unspecified atom stereocenters. The van der Waals surface area contributed by atoms with Crippen molar-refractivity contribution in [2.75, 3.05) is 19.7 Å². The average molecular weight is 473 g/mol. The van der Waals surface area contributed by atoms with E-state index in [4.69, 9.17) is 4.74 Å². The standard InChI is InChI=1S/C27H28N4O4/c1-4-35-27(34)18-13-15-30(16-14-18)25(32)23-22-20-7-5-6-8-21(20)29(3)24(22)26(33)31(28-23)19-11-9-17(2)10-12-19/h5-12,18H,4,13-16H2,1-3H3. The van der Waals surface area contributed by atoms with Gasteiger partial charge < -0.3 is 14.2 Å². The molecular weight excluding hydrogens is 444 g/mol. The summed E-state index contributed by atoms with van der Waals surface area (Å²) in [5.74, 6) is -0.650. The molecule has 0 atom stereocenters. The molecule has 1 fully saturated rings. The second kappa shape index (κ2) is 9.02. The second-order valence-corrected chi connectivity index (χ2v) is 9.02. The highest BCUT2D eigenvalue weighted by molar-refractivity contribution is 6.16. The maximum Gasteiger partial charge on any atom is 0.309 e. The maximum atomic E-state index is 13.8. The zero-order chi connectivity index (χ0) is 24.7. The van der Waals surface area contributed by atoms with Crippen molar-refractivity contribution in [2.24, 2.45) is 13.0 Å². The minimum Gasteiger partial charge on any atom is -0.466 e. The van der Waals surface area contributed by atoms with E-state index in [1.165, 1.54) is 4.68 Å². The van der Waals surface area contributed by atoms with Gasteiger partial charge in [-0.3, -0.25) is 14.4 Å². The highest BCUT2D eigenvalue weighted by Gasteiger charge is 2.31. The predicted octanol–water partition coefficient (Wildman–Crippen LogP) is 3.60. The van der Waals surface area contributed by atoms with Gasteiger partial charge in [-0.2, -0.15) is 9.78 Å². The van der Waals surface area contributed by atoms with Crippen molar-refractivity contribution in [1.29, 1.82) is 0 Å². The van der Waals surface area contributed by atoms with Crippen molar-refractivity contribution in [3.63, 3.8) is 0 Å². The molecule has 1 saturated heterocycles. The maximum absolute atomic E-state index is 13.8. The van der Waals surface area contributed by atoms with E-state index in [0.29, 0.717) is 49.1 Å². The molecule has 2 aromatic heterocycles. The van der Waals surface area contributed by atoms with Crippen LogP contribution in [0.25, 0.3) is 27.5 Å². The molecule has 0 saturated carbocycles. The number of fused-ring (bicyclic) bond motifs is 3. The number of piperidine rings is 1. The summed E-state index contributed by atoms with van der Waals surface area (Å²) in [7, 11) is 1.84. The Kier molecular flexibility index (Phi) is 5.88. The number of amides is 1. The topological polar surface area (TPSA) is 86.4 Å². The van der Waals surface area contributed by atoms with Crippen LogP contribution in [0.3, 0.4) is 0 Å². The first kappa shape index (κ1) is 22.8. The minimum atomic E-state index is -0.278. The van der Waals surface area contributed by atoms with Crippen molar-refractivity contribution < 1.29 is 14.3 Å². The summed E-state index contributed by atoms with van der Waals surface area (Å²) in [4.78, 5) is 41.4. The number of hydrogen-bond donors (Lipinski definition) is 0. The van der Waals surface area contributed by atoms with E-state index >= 15 is 0 Å². The van der Waals surface area contributed by atoms with E-state index < -0.39 is 0 Å². The molecule has 5 rings (SSSR count). The molecule has 1 amide bonds. The third-order valence-electron chi connectivity index (χ3n) is 6.82. The van der Waals surface area contributed by atoms with Gasteiger partial charge in [-0.15, -0.1) is 0 Å². The molecule has 0 N–H and O–H groups in total. The summed E-state index contributed by atoms with van der Waals surface area (Å²) >= 11 is 0. The number of hydrogen-bond acceptors (Lipinski definition) is 5. The summed E-state index contributed by atoms with van der Waals surface area (Å²) in [5.41, 5.74) is 2.92. The number of rotatable bonds is 4. The van der Waals surface area contributed by atoms with Crippen LogP contribution < -0.4 is 5.56 Å². The molecule has 3 heterocycles. The van der Waals surface area contributed by atoms with Gasteiger partial charge in [0.05, 0.1) is 18.2 Å². The highest BCUT2D eigenvalue weighted by Crippen LogP contribution is 2.30. The first-order chi connectivity index (χ1) is 16.9. The summed E-state index contributed by atoms with van der Waals surface area (Å²) in [6.07, 6.45) is 1.09. The number of nitrogens with zero attached hydrogens (tertiary/aromatic N) is 4. The van der Waals surface area contributed by atoms with Crippen molar-refractivity contribution in [1.82, 2.24) is 19.2 Å². The zero-order valence-corrected chi connectivity index (χ0v) is 20.2. The lowest BCUT2D eigenvalue weighted by Gasteiger charge is -2.30. The van der Waals surface area contributed by atoms with E-state index in [1.54, 1.807) is 11.8 Å². The third kappa shape index (κ3) is 3.88. The molecular formula is C27H28N4O4. The smallest absolute Gasteiger partial charge is 0.309 e. The SMILES string of the molecule is CCOC(=O)C1CCN(C(=O)c2nn(-c3ccc(C)cc3)c(=O)c3c2c2ccccc2n3C)CC1. The van der Waals surface area contributed by atoms with Crippen LogP contribution in [0.5, 0.6) is 0 Å². The van der Waals surface area contributed by atoms with Gasteiger partial charge in [0.15, 0.2) is 5.69 Å². The molecule has 1 aliphatic rings. The van der Waals surface area contributed by atoms with E-state index in [2.05, 4.69) is 5.10 Å². The Bertz CT molecular complexity index is 1490. The van der Waals surface area contributed by atoms with Gasteiger partial charge >= 0.3 is 5.97 Å². The fraction of sp³-hybridized carbons (Fsp3) is 0.333. The fourth-order valence-corrected chi connectivity index (χ4v) is 4.92. The molecule has 2 aromatic carbocycles. The van der Waals surface area contributed by atoms with E-state index in [9.17, 15) is 14.4 Å². The quantitative estimate of drug-likeness (QED) is 0.424. The molecule has 8 heteroatoms. The Balaban J connectivity index is 1.64. The molecule has 1 aliphatic heterocycles. The van der Waals surface area contributed by atoms with E-state index in [-0.39, 0.29) is 29.0 Å². The van der Waals surface area contributed by atoms with Crippen molar-refractivity contribution in [2.45, 2.75) is 26.7 Å². The van der Waals surface area contributed by atoms with Crippen LogP contribution in [0.2, 0.25) is 0 Å². The lowest BCUT2D eigenvalue weighted by Crippen LogP contribution is -2.41. The normalized spacial score (nSPS) is 14.5. The van der Waals surface area contributed by atoms with Crippen LogP contribution in [-0.4, -0.2) is 50.8 Å². The molecule has 180 valence electrons. The Morgan fingerprint density at radius 2 is 1.74 bits per heavy atom. The number of aromatic nitrogens is 3. The van der Waals surface area contributed by atoms with Gasteiger partial charge in [0.25, 0.3) is 11.5 Å². The number of benzene rings is 2. The molecule has 8 nitrogen and oxygen atoms in total. The summed E-state index contributed by atoms with van der Waals surface area (Å²) in [6, 6.07) is 15.1. The lowest BCUT2D eigenvalue weighted by atomic mass is 9.96. The molecule has 0 spiro atoms. The first-order valence-electron chi connectivity index (χ1n) is 11.9. The lowest BCUT2D eigenvalue weighted by molar-refractivity contribution is -0.149. The Labute approximate surface area is 202 Å². The van der Waals surface area contributed by atoms with Crippen LogP contribution in [-0.2, 0) is 16.6 Å². The molecule has 0 bridgehead atoms. The number of likely N-dealkylation sites (tertiary alicyclic amines) is 1. The van der Waals surface area contributed by atoms with Gasteiger partial charge in [-0.1, -0.05) is 35.9 Å². The van der Waals surface area contributed by atoms with E-state index in [1.807, 2.05) is 67.1 Å². The number of aryl methyl sites for hydroxylation is 2. The summed E-state index contributed by atoms with van der Waals surface area (Å²) in [6.45, 7) is 4.98. The van der Waals surface area contributed by atoms with Crippen molar-refractivity contribution >= 4 is 33.7 Å². The fourth-order valence-electron chi connectivity index (χ4n) is 4.92. The number of para-hydroxylation sites is 1. The zero-order valence-electron chi connectivity index (χ0n) is 20.2. The molecule has 4 aromatic rings. The molecule has 0 aliphatic carbocycles. The van der Waals surface area contributed by atoms with Crippen LogP contribution in [0.1, 0.15) is 35.8 Å². The summed E-state index contributed by atoms with van der Waals surface area (Å²) in [5, 5.41) is 6.01. The number of carbonyl (C=O) groups is 2. The molecule has 35 heavy (non-hydrogen) atoms.